The zero-order chi connectivity index (χ0) is 12.5. The van der Waals surface area contributed by atoms with Crippen molar-refractivity contribution in [2.24, 2.45) is 12.8 Å². The fourth-order valence-electron chi connectivity index (χ4n) is 2.11. The second-order valence-corrected chi connectivity index (χ2v) is 4.13. The van der Waals surface area contributed by atoms with E-state index in [0.717, 1.165) is 22.3 Å². The molecule has 0 aliphatic heterocycles. The number of para-hydroxylation sites is 1. The lowest BCUT2D eigenvalue weighted by Gasteiger charge is -2.13. The Balaban J connectivity index is 2.18. The second-order valence-electron chi connectivity index (χ2n) is 4.13. The number of aryl methyl sites for hydroxylation is 1. The van der Waals surface area contributed by atoms with Crippen molar-refractivity contribution < 1.29 is 0 Å². The minimum Gasteiger partial charge on any atom is -0.319 e. The minimum absolute atomic E-state index is 0.252. The Bertz CT molecular complexity index is 683. The second kappa shape index (κ2) is 4.19. The summed E-state index contributed by atoms with van der Waals surface area (Å²) in [6.07, 6.45) is 5.11. The average Bonchev–Trinajstić information content (AvgIpc) is 2.83. The minimum atomic E-state index is -0.252. The van der Waals surface area contributed by atoms with Gasteiger partial charge in [-0.05, 0) is 12.1 Å². The fourth-order valence-corrected chi connectivity index (χ4v) is 2.11. The number of hydrogen-bond donors (Lipinski definition) is 1. The highest BCUT2D eigenvalue weighted by Crippen LogP contribution is 2.24. The van der Waals surface area contributed by atoms with Crippen molar-refractivity contribution in [1.29, 1.82) is 0 Å². The third kappa shape index (κ3) is 1.65. The zero-order valence-electron chi connectivity index (χ0n) is 9.99. The summed E-state index contributed by atoms with van der Waals surface area (Å²) in [5.41, 5.74) is 9.91. The van der Waals surface area contributed by atoms with Gasteiger partial charge in [0, 0.05) is 31.2 Å². The number of nitrogens with two attached hydrogens (primary N) is 1. The Labute approximate surface area is 104 Å². The lowest BCUT2D eigenvalue weighted by atomic mass is 10.0. The smallest absolute Gasteiger partial charge is 0.0938 e. The van der Waals surface area contributed by atoms with Crippen LogP contribution in [0.3, 0.4) is 0 Å². The van der Waals surface area contributed by atoms with Crippen molar-refractivity contribution in [3.63, 3.8) is 0 Å². The van der Waals surface area contributed by atoms with E-state index in [1.165, 1.54) is 0 Å². The van der Waals surface area contributed by atoms with Crippen molar-refractivity contribution in [2.45, 2.75) is 6.04 Å². The molecule has 0 saturated carbocycles. The molecule has 3 rings (SSSR count). The van der Waals surface area contributed by atoms with Crippen molar-refractivity contribution >= 4 is 11.0 Å². The Morgan fingerprint density at radius 3 is 2.72 bits per heavy atom. The molecule has 0 radical (unpaired) electrons. The van der Waals surface area contributed by atoms with Gasteiger partial charge in [-0.2, -0.15) is 5.10 Å². The molecule has 0 fully saturated rings. The van der Waals surface area contributed by atoms with E-state index in [1.807, 2.05) is 31.3 Å². The first-order valence-corrected chi connectivity index (χ1v) is 5.70. The van der Waals surface area contributed by atoms with Gasteiger partial charge in [-0.15, -0.1) is 0 Å². The van der Waals surface area contributed by atoms with Crippen LogP contribution in [0.15, 0.2) is 42.9 Å². The van der Waals surface area contributed by atoms with E-state index in [-0.39, 0.29) is 6.04 Å². The van der Waals surface area contributed by atoms with Crippen molar-refractivity contribution in [3.05, 3.63) is 54.1 Å². The Morgan fingerprint density at radius 1 is 1.11 bits per heavy atom. The van der Waals surface area contributed by atoms with Crippen LogP contribution in [0.5, 0.6) is 0 Å². The third-order valence-electron chi connectivity index (χ3n) is 3.04. The third-order valence-corrected chi connectivity index (χ3v) is 3.04. The van der Waals surface area contributed by atoms with Gasteiger partial charge >= 0.3 is 0 Å². The molecule has 90 valence electrons. The molecule has 0 spiro atoms. The van der Waals surface area contributed by atoms with Gasteiger partial charge in [-0.3, -0.25) is 14.6 Å². The predicted octanol–water partition coefficient (Wildman–Crippen LogP) is 1.41. The molecule has 5 heteroatoms. The molecule has 0 amide bonds. The van der Waals surface area contributed by atoms with E-state index >= 15 is 0 Å². The molecule has 2 N–H and O–H groups in total. The number of hydrogen-bond acceptors (Lipinski definition) is 4. The van der Waals surface area contributed by atoms with Gasteiger partial charge in [0.1, 0.15) is 0 Å². The SMILES string of the molecule is Cn1nccc1C(N)c1cccc2nccnc12. The van der Waals surface area contributed by atoms with E-state index in [4.69, 9.17) is 5.73 Å². The van der Waals surface area contributed by atoms with Crippen LogP contribution in [-0.4, -0.2) is 19.7 Å². The highest BCUT2D eigenvalue weighted by Gasteiger charge is 2.15. The number of fused-ring (bicyclic) bond motifs is 1. The van der Waals surface area contributed by atoms with Gasteiger partial charge in [0.15, 0.2) is 0 Å². The van der Waals surface area contributed by atoms with Crippen LogP contribution in [0.4, 0.5) is 0 Å². The molecule has 0 bridgehead atoms. The highest BCUT2D eigenvalue weighted by molar-refractivity contribution is 5.78. The fraction of sp³-hybridized carbons (Fsp3) is 0.154. The molecule has 1 unspecified atom stereocenters. The van der Waals surface area contributed by atoms with E-state index in [9.17, 15) is 0 Å². The maximum Gasteiger partial charge on any atom is 0.0938 e. The summed E-state index contributed by atoms with van der Waals surface area (Å²) in [4.78, 5) is 8.66. The van der Waals surface area contributed by atoms with Gasteiger partial charge in [0.25, 0.3) is 0 Å². The molecule has 1 aromatic carbocycles. The quantitative estimate of drug-likeness (QED) is 0.734. The van der Waals surface area contributed by atoms with Crippen LogP contribution < -0.4 is 5.73 Å². The Morgan fingerprint density at radius 2 is 1.94 bits per heavy atom. The normalized spacial score (nSPS) is 12.8. The van der Waals surface area contributed by atoms with E-state index in [1.54, 1.807) is 23.3 Å². The lowest BCUT2D eigenvalue weighted by Crippen LogP contribution is -2.16. The summed E-state index contributed by atoms with van der Waals surface area (Å²) in [5, 5.41) is 4.14. The summed E-state index contributed by atoms with van der Waals surface area (Å²) in [6.45, 7) is 0. The van der Waals surface area contributed by atoms with Crippen molar-refractivity contribution in [2.75, 3.05) is 0 Å². The Kier molecular flexibility index (Phi) is 2.53. The first-order valence-electron chi connectivity index (χ1n) is 5.70. The molecule has 0 aliphatic carbocycles. The molecular formula is C13H13N5. The molecule has 1 atom stereocenters. The largest absolute Gasteiger partial charge is 0.319 e. The highest BCUT2D eigenvalue weighted by atomic mass is 15.3. The topological polar surface area (TPSA) is 69.6 Å². The number of benzene rings is 1. The molecule has 0 aliphatic rings. The van der Waals surface area contributed by atoms with Crippen LogP contribution >= 0.6 is 0 Å². The molecule has 18 heavy (non-hydrogen) atoms. The first kappa shape index (κ1) is 10.9. The standard InChI is InChI=1S/C13H13N5/c1-18-11(5-6-17-18)12(14)9-3-2-4-10-13(9)16-8-7-15-10/h2-8,12H,14H2,1H3. The van der Waals surface area contributed by atoms with E-state index in [0.29, 0.717) is 0 Å². The maximum absolute atomic E-state index is 6.30. The van der Waals surface area contributed by atoms with Crippen LogP contribution in [-0.2, 0) is 7.05 Å². The van der Waals surface area contributed by atoms with Crippen LogP contribution in [0.2, 0.25) is 0 Å². The van der Waals surface area contributed by atoms with Gasteiger partial charge in [0.2, 0.25) is 0 Å². The molecule has 5 nitrogen and oxygen atoms in total. The predicted molar refractivity (Wildman–Crippen MR) is 68.8 cm³/mol. The van der Waals surface area contributed by atoms with Crippen LogP contribution in [0, 0.1) is 0 Å². The summed E-state index contributed by atoms with van der Waals surface area (Å²) in [7, 11) is 1.88. The Hall–Kier alpha value is -2.27. The first-order chi connectivity index (χ1) is 8.77. The molecule has 0 saturated heterocycles. The van der Waals surface area contributed by atoms with Gasteiger partial charge < -0.3 is 5.73 Å². The summed E-state index contributed by atoms with van der Waals surface area (Å²) in [5.74, 6) is 0. The zero-order valence-corrected chi connectivity index (χ0v) is 9.99. The lowest BCUT2D eigenvalue weighted by molar-refractivity contribution is 0.674. The molecule has 3 aromatic rings. The van der Waals surface area contributed by atoms with E-state index < -0.39 is 0 Å². The molecule has 2 heterocycles. The van der Waals surface area contributed by atoms with Crippen LogP contribution in [0.25, 0.3) is 11.0 Å². The van der Waals surface area contributed by atoms with E-state index in [2.05, 4.69) is 15.1 Å². The summed E-state index contributed by atoms with van der Waals surface area (Å²) in [6, 6.07) is 7.52. The average molecular weight is 239 g/mol. The maximum atomic E-state index is 6.30. The monoisotopic (exact) mass is 239 g/mol. The number of nitrogens with zero attached hydrogens (tertiary/aromatic N) is 4. The van der Waals surface area contributed by atoms with Gasteiger partial charge in [-0.1, -0.05) is 12.1 Å². The van der Waals surface area contributed by atoms with Gasteiger partial charge in [0.05, 0.1) is 22.8 Å². The number of rotatable bonds is 2. The molecule has 2 aromatic heterocycles. The van der Waals surface area contributed by atoms with Crippen molar-refractivity contribution in [1.82, 2.24) is 19.7 Å². The summed E-state index contributed by atoms with van der Waals surface area (Å²) >= 11 is 0. The number of aromatic nitrogens is 4. The van der Waals surface area contributed by atoms with Crippen molar-refractivity contribution in [3.8, 4) is 0 Å². The molecular weight excluding hydrogens is 226 g/mol. The van der Waals surface area contributed by atoms with Crippen LogP contribution in [0.1, 0.15) is 17.3 Å². The summed E-state index contributed by atoms with van der Waals surface area (Å²) < 4.78 is 1.78. The van der Waals surface area contributed by atoms with Gasteiger partial charge in [-0.25, -0.2) is 0 Å².